The third kappa shape index (κ3) is 3.51. The molecule has 0 fully saturated rings. The molecular weight excluding hydrogens is 264 g/mol. The first kappa shape index (κ1) is 13.5. The average Bonchev–Trinajstić information content (AvgIpc) is 2.82. The van der Waals surface area contributed by atoms with Crippen LogP contribution in [0, 0.1) is 0 Å². The van der Waals surface area contributed by atoms with Crippen LogP contribution in [0.15, 0.2) is 40.8 Å². The Hall–Kier alpha value is -1.94. The van der Waals surface area contributed by atoms with E-state index in [-0.39, 0.29) is 5.91 Å². The number of carbonyl (C=O) groups is 1. The molecule has 0 spiro atoms. The van der Waals surface area contributed by atoms with E-state index in [9.17, 15) is 4.79 Å². The van der Waals surface area contributed by atoms with Crippen LogP contribution in [0.3, 0.4) is 0 Å². The van der Waals surface area contributed by atoms with Crippen LogP contribution in [0.2, 0.25) is 5.22 Å². The Morgan fingerprint density at radius 3 is 2.42 bits per heavy atom. The maximum atomic E-state index is 11.9. The molecule has 0 aliphatic heterocycles. The fourth-order valence-electron chi connectivity index (χ4n) is 1.63. The molecule has 4 nitrogen and oxygen atoms in total. The second-order valence-electron chi connectivity index (χ2n) is 4.33. The zero-order valence-electron chi connectivity index (χ0n) is 10.8. The second-order valence-corrected chi connectivity index (χ2v) is 4.70. The maximum absolute atomic E-state index is 11.9. The summed E-state index contributed by atoms with van der Waals surface area (Å²) < 4.78 is 5.16. The summed E-state index contributed by atoms with van der Waals surface area (Å²) in [6.45, 7) is 0.320. The normalized spacial score (nSPS) is 10.3. The van der Waals surface area contributed by atoms with E-state index in [0.717, 1.165) is 5.69 Å². The van der Waals surface area contributed by atoms with Crippen LogP contribution in [-0.2, 0) is 6.54 Å². The van der Waals surface area contributed by atoms with Crippen molar-refractivity contribution in [3.05, 3.63) is 52.9 Å². The Balaban J connectivity index is 1.96. The molecule has 0 radical (unpaired) electrons. The standard InChI is InChI=1S/C14H15ClN2O2/c1-17(2)11-5-3-10(4-6-11)14(18)16-9-12-7-8-13(15)19-12/h3-8H,9H2,1-2H3,(H,16,18). The lowest BCUT2D eigenvalue weighted by molar-refractivity contribution is 0.0948. The molecule has 0 aliphatic rings. The highest BCUT2D eigenvalue weighted by atomic mass is 35.5. The van der Waals surface area contributed by atoms with Crippen molar-refractivity contribution in [2.75, 3.05) is 19.0 Å². The highest BCUT2D eigenvalue weighted by Gasteiger charge is 2.07. The van der Waals surface area contributed by atoms with Crippen LogP contribution in [0.1, 0.15) is 16.1 Å². The molecule has 0 atom stereocenters. The summed E-state index contributed by atoms with van der Waals surface area (Å²) in [5.74, 6) is 0.487. The molecule has 1 heterocycles. The third-order valence-electron chi connectivity index (χ3n) is 2.70. The number of halogens is 1. The van der Waals surface area contributed by atoms with Gasteiger partial charge in [-0.05, 0) is 48.0 Å². The summed E-state index contributed by atoms with van der Waals surface area (Å²) in [5.41, 5.74) is 1.66. The lowest BCUT2D eigenvalue weighted by Gasteiger charge is -2.12. The molecule has 0 aliphatic carbocycles. The molecule has 1 aromatic heterocycles. The van der Waals surface area contributed by atoms with Crippen LogP contribution in [-0.4, -0.2) is 20.0 Å². The van der Waals surface area contributed by atoms with Crippen LogP contribution < -0.4 is 10.2 Å². The summed E-state index contributed by atoms with van der Waals surface area (Å²) in [5, 5.41) is 3.09. The van der Waals surface area contributed by atoms with Crippen molar-refractivity contribution in [3.63, 3.8) is 0 Å². The zero-order chi connectivity index (χ0) is 13.8. The van der Waals surface area contributed by atoms with Gasteiger partial charge in [-0.1, -0.05) is 0 Å². The summed E-state index contributed by atoms with van der Waals surface area (Å²) in [7, 11) is 3.91. The molecule has 1 aromatic carbocycles. The number of amides is 1. The second kappa shape index (κ2) is 5.80. The lowest BCUT2D eigenvalue weighted by atomic mass is 10.2. The zero-order valence-corrected chi connectivity index (χ0v) is 11.6. The molecule has 0 unspecified atom stereocenters. The van der Waals surface area contributed by atoms with Crippen molar-refractivity contribution < 1.29 is 9.21 Å². The largest absolute Gasteiger partial charge is 0.448 e. The van der Waals surface area contributed by atoms with Crippen molar-refractivity contribution in [2.45, 2.75) is 6.54 Å². The maximum Gasteiger partial charge on any atom is 0.251 e. The molecular formula is C14H15ClN2O2. The highest BCUT2D eigenvalue weighted by Crippen LogP contribution is 2.14. The first-order valence-corrected chi connectivity index (χ1v) is 6.24. The van der Waals surface area contributed by atoms with E-state index in [1.807, 2.05) is 31.1 Å². The van der Waals surface area contributed by atoms with E-state index in [0.29, 0.717) is 23.1 Å². The van der Waals surface area contributed by atoms with Gasteiger partial charge in [0.15, 0.2) is 5.22 Å². The minimum absolute atomic E-state index is 0.141. The van der Waals surface area contributed by atoms with E-state index >= 15 is 0 Å². The van der Waals surface area contributed by atoms with E-state index in [1.54, 1.807) is 24.3 Å². The molecule has 1 N–H and O–H groups in total. The van der Waals surface area contributed by atoms with Crippen LogP contribution in [0.25, 0.3) is 0 Å². The minimum Gasteiger partial charge on any atom is -0.448 e. The van der Waals surface area contributed by atoms with Gasteiger partial charge in [0.2, 0.25) is 0 Å². The molecule has 100 valence electrons. The number of anilines is 1. The monoisotopic (exact) mass is 278 g/mol. The number of carbonyl (C=O) groups excluding carboxylic acids is 1. The van der Waals surface area contributed by atoms with Gasteiger partial charge in [0, 0.05) is 25.3 Å². The number of hydrogen-bond acceptors (Lipinski definition) is 3. The number of nitrogens with zero attached hydrogens (tertiary/aromatic N) is 1. The van der Waals surface area contributed by atoms with E-state index in [1.165, 1.54) is 0 Å². The van der Waals surface area contributed by atoms with Crippen molar-refractivity contribution in [3.8, 4) is 0 Å². The van der Waals surface area contributed by atoms with Crippen molar-refractivity contribution in [1.29, 1.82) is 0 Å². The van der Waals surface area contributed by atoms with E-state index < -0.39 is 0 Å². The Bertz CT molecular complexity index is 561. The predicted octanol–water partition coefficient (Wildman–Crippen LogP) is 2.93. The van der Waals surface area contributed by atoms with E-state index in [4.69, 9.17) is 16.0 Å². The molecule has 0 saturated carbocycles. The first-order chi connectivity index (χ1) is 9.06. The predicted molar refractivity (Wildman–Crippen MR) is 75.7 cm³/mol. The lowest BCUT2D eigenvalue weighted by Crippen LogP contribution is -2.22. The SMILES string of the molecule is CN(C)c1ccc(C(=O)NCc2ccc(Cl)o2)cc1. The number of nitrogens with one attached hydrogen (secondary N) is 1. The molecule has 2 aromatic rings. The number of rotatable bonds is 4. The van der Waals surface area contributed by atoms with Gasteiger partial charge in [0.25, 0.3) is 5.91 Å². The quantitative estimate of drug-likeness (QED) is 0.935. The minimum atomic E-state index is -0.141. The van der Waals surface area contributed by atoms with Gasteiger partial charge in [0.05, 0.1) is 6.54 Å². The Labute approximate surface area is 117 Å². The first-order valence-electron chi connectivity index (χ1n) is 5.86. The Morgan fingerprint density at radius 2 is 1.89 bits per heavy atom. The fourth-order valence-corrected chi connectivity index (χ4v) is 1.79. The highest BCUT2D eigenvalue weighted by molar-refractivity contribution is 6.28. The number of benzene rings is 1. The number of hydrogen-bond donors (Lipinski definition) is 1. The molecule has 0 saturated heterocycles. The molecule has 0 bridgehead atoms. The van der Waals surface area contributed by atoms with Crippen LogP contribution in [0.5, 0.6) is 0 Å². The molecule has 5 heteroatoms. The third-order valence-corrected chi connectivity index (χ3v) is 2.90. The van der Waals surface area contributed by atoms with Crippen LogP contribution in [0.4, 0.5) is 5.69 Å². The van der Waals surface area contributed by atoms with Crippen molar-refractivity contribution in [1.82, 2.24) is 5.32 Å². The van der Waals surface area contributed by atoms with Gasteiger partial charge in [0.1, 0.15) is 5.76 Å². The van der Waals surface area contributed by atoms with Gasteiger partial charge >= 0.3 is 0 Å². The van der Waals surface area contributed by atoms with Gasteiger partial charge < -0.3 is 14.6 Å². The smallest absolute Gasteiger partial charge is 0.251 e. The van der Waals surface area contributed by atoms with E-state index in [2.05, 4.69) is 5.32 Å². The molecule has 19 heavy (non-hydrogen) atoms. The fraction of sp³-hybridized carbons (Fsp3) is 0.214. The van der Waals surface area contributed by atoms with Crippen LogP contribution >= 0.6 is 11.6 Å². The topological polar surface area (TPSA) is 45.5 Å². The van der Waals surface area contributed by atoms with Crippen molar-refractivity contribution >= 4 is 23.2 Å². The summed E-state index contributed by atoms with van der Waals surface area (Å²) >= 11 is 5.66. The van der Waals surface area contributed by atoms with Gasteiger partial charge in [-0.2, -0.15) is 0 Å². The average molecular weight is 279 g/mol. The van der Waals surface area contributed by atoms with Crippen molar-refractivity contribution in [2.24, 2.45) is 0 Å². The Kier molecular flexibility index (Phi) is 4.12. The Morgan fingerprint density at radius 1 is 1.21 bits per heavy atom. The van der Waals surface area contributed by atoms with Gasteiger partial charge in [-0.25, -0.2) is 0 Å². The van der Waals surface area contributed by atoms with Gasteiger partial charge in [-0.15, -0.1) is 0 Å². The summed E-state index contributed by atoms with van der Waals surface area (Å²) in [4.78, 5) is 13.9. The molecule has 1 amide bonds. The number of furan rings is 1. The van der Waals surface area contributed by atoms with Gasteiger partial charge in [-0.3, -0.25) is 4.79 Å². The summed E-state index contributed by atoms with van der Waals surface area (Å²) in [6.07, 6.45) is 0. The molecule has 2 rings (SSSR count). The summed E-state index contributed by atoms with van der Waals surface area (Å²) in [6, 6.07) is 10.8.